The third-order valence-electron chi connectivity index (χ3n) is 3.97. The molecule has 0 amide bonds. The Kier molecular flexibility index (Phi) is 5.38. The summed E-state index contributed by atoms with van der Waals surface area (Å²) >= 11 is 0. The van der Waals surface area contributed by atoms with Gasteiger partial charge in [0.1, 0.15) is 5.69 Å². The summed E-state index contributed by atoms with van der Waals surface area (Å²) in [6.45, 7) is 0. The molecule has 1 aromatic heterocycles. The number of nitrogens with zero attached hydrogens (tertiary/aromatic N) is 3. The highest BCUT2D eigenvalue weighted by atomic mass is 32.2. The number of benzene rings is 2. The summed E-state index contributed by atoms with van der Waals surface area (Å²) in [5, 5.41) is 9.50. The van der Waals surface area contributed by atoms with Crippen LogP contribution in [0.1, 0.15) is 10.5 Å². The van der Waals surface area contributed by atoms with Gasteiger partial charge in [0.05, 0.1) is 12.0 Å². The molecule has 2 aromatic carbocycles. The van der Waals surface area contributed by atoms with Crippen LogP contribution < -0.4 is 4.31 Å². The maximum Gasteiger partial charge on any atom is 0.358 e. The third-order valence-corrected chi connectivity index (χ3v) is 5.60. The number of hydrogen-bond acceptors (Lipinski definition) is 6. The van der Waals surface area contributed by atoms with E-state index in [1.165, 1.54) is 30.5 Å². The molecule has 3 rings (SSSR count). The van der Waals surface area contributed by atoms with Crippen LogP contribution >= 0.6 is 0 Å². The van der Waals surface area contributed by atoms with Gasteiger partial charge in [-0.05, 0) is 35.4 Å². The minimum Gasteiger partial charge on any atom is -0.464 e. The van der Waals surface area contributed by atoms with Gasteiger partial charge in [-0.3, -0.25) is 0 Å². The Balaban J connectivity index is 2.02. The zero-order chi connectivity index (χ0) is 20.1. The molecule has 1 heterocycles. The van der Waals surface area contributed by atoms with Crippen LogP contribution in [0, 0.1) is 11.5 Å². The standard InChI is InChI=1S/C20H15N3O4S/c1-27-20(24)19-18(8-5-13-22-19)23(14-21)28(25,26)17-11-9-16(10-12-17)15-6-3-2-4-7-15/h2-13H,1H3. The number of anilines is 1. The van der Waals surface area contributed by atoms with Gasteiger partial charge in [0, 0.05) is 6.20 Å². The summed E-state index contributed by atoms with van der Waals surface area (Å²) in [7, 11) is -3.10. The zero-order valence-corrected chi connectivity index (χ0v) is 15.6. The number of sulfonamides is 1. The number of nitriles is 1. The van der Waals surface area contributed by atoms with E-state index in [1.807, 2.05) is 30.3 Å². The summed E-state index contributed by atoms with van der Waals surface area (Å²) in [4.78, 5) is 15.7. The van der Waals surface area contributed by atoms with Crippen molar-refractivity contribution in [1.82, 2.24) is 4.98 Å². The first-order valence-corrected chi connectivity index (χ1v) is 9.57. The Morgan fingerprint density at radius 3 is 2.25 bits per heavy atom. The van der Waals surface area contributed by atoms with Gasteiger partial charge in [-0.15, -0.1) is 0 Å². The van der Waals surface area contributed by atoms with E-state index in [1.54, 1.807) is 18.3 Å². The second kappa shape index (κ2) is 7.90. The van der Waals surface area contributed by atoms with E-state index in [-0.39, 0.29) is 16.3 Å². The zero-order valence-electron chi connectivity index (χ0n) is 14.8. The highest BCUT2D eigenvalue weighted by Crippen LogP contribution is 2.27. The minimum absolute atomic E-state index is 0.0894. The molecule has 0 fully saturated rings. The van der Waals surface area contributed by atoms with Gasteiger partial charge in [0.15, 0.2) is 11.9 Å². The van der Waals surface area contributed by atoms with E-state index in [0.717, 1.165) is 18.2 Å². The Labute approximate surface area is 162 Å². The Bertz CT molecular complexity index is 1140. The number of carbonyl (C=O) groups is 1. The molecule has 0 radical (unpaired) electrons. The number of carbonyl (C=O) groups excluding carboxylic acids is 1. The van der Waals surface area contributed by atoms with Gasteiger partial charge in [-0.25, -0.2) is 9.78 Å². The Hall–Kier alpha value is -3.70. The maximum absolute atomic E-state index is 13.0. The molecular weight excluding hydrogens is 378 g/mol. The van der Waals surface area contributed by atoms with E-state index < -0.39 is 16.0 Å². The molecule has 0 aliphatic carbocycles. The lowest BCUT2D eigenvalue weighted by molar-refractivity contribution is 0.0595. The van der Waals surface area contributed by atoms with Crippen molar-refractivity contribution in [2.75, 3.05) is 11.4 Å². The van der Waals surface area contributed by atoms with Gasteiger partial charge >= 0.3 is 5.97 Å². The third kappa shape index (κ3) is 3.56. The van der Waals surface area contributed by atoms with Crippen LogP contribution in [0.3, 0.4) is 0 Å². The summed E-state index contributed by atoms with van der Waals surface area (Å²) in [5.41, 5.74) is 1.32. The number of rotatable bonds is 5. The number of pyridine rings is 1. The molecule has 0 saturated carbocycles. The summed E-state index contributed by atoms with van der Waals surface area (Å²) in [6, 6.07) is 18.4. The molecule has 3 aromatic rings. The number of aromatic nitrogens is 1. The fourth-order valence-corrected chi connectivity index (χ4v) is 3.81. The number of hydrogen-bond donors (Lipinski definition) is 0. The summed E-state index contributed by atoms with van der Waals surface area (Å²) in [6.07, 6.45) is 2.93. The molecule has 140 valence electrons. The van der Waals surface area contributed by atoms with Crippen LogP contribution in [-0.2, 0) is 14.8 Å². The fourth-order valence-electron chi connectivity index (χ4n) is 2.61. The van der Waals surface area contributed by atoms with Crippen molar-refractivity contribution in [2.45, 2.75) is 4.90 Å². The first-order valence-electron chi connectivity index (χ1n) is 8.13. The molecule has 7 nitrogen and oxygen atoms in total. The van der Waals surface area contributed by atoms with E-state index in [0.29, 0.717) is 4.31 Å². The average molecular weight is 393 g/mol. The van der Waals surface area contributed by atoms with Crippen molar-refractivity contribution in [3.05, 3.63) is 78.6 Å². The van der Waals surface area contributed by atoms with Crippen molar-refractivity contribution in [3.63, 3.8) is 0 Å². The molecule has 0 aliphatic heterocycles. The van der Waals surface area contributed by atoms with Gasteiger partial charge in [-0.1, -0.05) is 42.5 Å². The molecule has 0 saturated heterocycles. The molecule has 8 heteroatoms. The van der Waals surface area contributed by atoms with Crippen molar-refractivity contribution >= 4 is 21.7 Å². The topological polar surface area (TPSA) is 100 Å². The molecule has 0 unspecified atom stereocenters. The predicted octanol–water partition coefficient (Wildman–Crippen LogP) is 3.21. The van der Waals surface area contributed by atoms with Gasteiger partial charge < -0.3 is 4.74 Å². The first-order chi connectivity index (χ1) is 13.5. The monoisotopic (exact) mass is 393 g/mol. The quantitative estimate of drug-likeness (QED) is 0.375. The Morgan fingerprint density at radius 1 is 1.00 bits per heavy atom. The van der Waals surface area contributed by atoms with Crippen LogP contribution in [-0.4, -0.2) is 26.5 Å². The second-order valence-corrected chi connectivity index (χ2v) is 7.41. The van der Waals surface area contributed by atoms with E-state index >= 15 is 0 Å². The number of methoxy groups -OCH3 is 1. The van der Waals surface area contributed by atoms with Crippen LogP contribution in [0.2, 0.25) is 0 Å². The lowest BCUT2D eigenvalue weighted by Gasteiger charge is -2.18. The largest absolute Gasteiger partial charge is 0.464 e. The highest BCUT2D eigenvalue weighted by molar-refractivity contribution is 7.93. The summed E-state index contributed by atoms with van der Waals surface area (Å²) in [5.74, 6) is -0.842. The van der Waals surface area contributed by atoms with Gasteiger partial charge in [0.25, 0.3) is 10.0 Å². The lowest BCUT2D eigenvalue weighted by Crippen LogP contribution is -2.28. The fraction of sp³-hybridized carbons (Fsp3) is 0.0500. The SMILES string of the molecule is COC(=O)c1ncccc1N(C#N)S(=O)(=O)c1ccc(-c2ccccc2)cc1. The minimum atomic E-state index is -4.24. The predicted molar refractivity (Wildman–Crippen MR) is 103 cm³/mol. The number of ether oxygens (including phenoxy) is 1. The van der Waals surface area contributed by atoms with E-state index in [9.17, 15) is 18.5 Å². The van der Waals surface area contributed by atoms with Gasteiger partial charge in [0.2, 0.25) is 0 Å². The second-order valence-electron chi connectivity index (χ2n) is 5.62. The highest BCUT2D eigenvalue weighted by Gasteiger charge is 2.29. The molecule has 0 bridgehead atoms. The molecule has 0 N–H and O–H groups in total. The smallest absolute Gasteiger partial charge is 0.358 e. The van der Waals surface area contributed by atoms with Crippen LogP contribution in [0.5, 0.6) is 0 Å². The van der Waals surface area contributed by atoms with E-state index in [2.05, 4.69) is 9.72 Å². The van der Waals surface area contributed by atoms with Crippen molar-refractivity contribution < 1.29 is 17.9 Å². The molecule has 0 aliphatic rings. The first kappa shape index (κ1) is 19.1. The molecule has 0 atom stereocenters. The average Bonchev–Trinajstić information content (AvgIpc) is 2.74. The van der Waals surface area contributed by atoms with E-state index in [4.69, 9.17) is 0 Å². The molecular formula is C20H15N3O4S. The van der Waals surface area contributed by atoms with Crippen molar-refractivity contribution in [3.8, 4) is 17.3 Å². The maximum atomic E-state index is 13.0. The molecule has 0 spiro atoms. The van der Waals surface area contributed by atoms with Crippen LogP contribution in [0.25, 0.3) is 11.1 Å². The normalized spacial score (nSPS) is 10.7. The van der Waals surface area contributed by atoms with Crippen molar-refractivity contribution in [2.24, 2.45) is 0 Å². The summed E-state index contributed by atoms with van der Waals surface area (Å²) < 4.78 is 31.1. The molecule has 28 heavy (non-hydrogen) atoms. The number of esters is 1. The van der Waals surface area contributed by atoms with Crippen LogP contribution in [0.15, 0.2) is 77.8 Å². The van der Waals surface area contributed by atoms with Crippen molar-refractivity contribution in [1.29, 1.82) is 5.26 Å². The van der Waals surface area contributed by atoms with Gasteiger partial charge in [-0.2, -0.15) is 18.0 Å². The Morgan fingerprint density at radius 2 is 1.64 bits per heavy atom. The van der Waals surface area contributed by atoms with Crippen LogP contribution in [0.4, 0.5) is 5.69 Å². The lowest BCUT2D eigenvalue weighted by atomic mass is 10.1.